The molecule has 2 aromatic heterocycles. The molecule has 0 saturated carbocycles. The van der Waals surface area contributed by atoms with E-state index >= 15 is 0 Å². The van der Waals surface area contributed by atoms with Crippen molar-refractivity contribution in [2.45, 2.75) is 19.3 Å². The number of ether oxygens (including phenoxy) is 1. The first-order chi connectivity index (χ1) is 13.7. The van der Waals surface area contributed by atoms with Gasteiger partial charge in [0.1, 0.15) is 11.9 Å². The van der Waals surface area contributed by atoms with Gasteiger partial charge in [0.2, 0.25) is 5.82 Å². The van der Waals surface area contributed by atoms with Crippen molar-refractivity contribution in [2.75, 3.05) is 0 Å². The van der Waals surface area contributed by atoms with Gasteiger partial charge in [-0.3, -0.25) is 4.68 Å². The normalized spacial score (nSPS) is 16.1. The summed E-state index contributed by atoms with van der Waals surface area (Å²) >= 11 is 6.20. The number of aromatic nitrogens is 4. The zero-order valence-corrected chi connectivity index (χ0v) is 15.3. The van der Waals surface area contributed by atoms with Gasteiger partial charge in [-0.1, -0.05) is 41.0 Å². The van der Waals surface area contributed by atoms with Crippen molar-refractivity contribution in [3.63, 3.8) is 0 Å². The third kappa shape index (κ3) is 3.08. The number of halogens is 2. The molecule has 6 nitrogen and oxygen atoms in total. The van der Waals surface area contributed by atoms with Crippen LogP contribution >= 0.6 is 11.6 Å². The predicted octanol–water partition coefficient (Wildman–Crippen LogP) is 4.66. The van der Waals surface area contributed by atoms with Gasteiger partial charge in [0.15, 0.2) is 5.69 Å². The molecule has 0 bridgehead atoms. The van der Waals surface area contributed by atoms with Crippen molar-refractivity contribution in [1.29, 1.82) is 0 Å². The van der Waals surface area contributed by atoms with E-state index in [4.69, 9.17) is 20.9 Å². The monoisotopic (exact) mass is 396 g/mol. The van der Waals surface area contributed by atoms with E-state index in [9.17, 15) is 4.39 Å². The fourth-order valence-corrected chi connectivity index (χ4v) is 3.41. The highest BCUT2D eigenvalue weighted by molar-refractivity contribution is 6.33. The van der Waals surface area contributed by atoms with E-state index in [0.29, 0.717) is 41.1 Å². The number of fused-ring (bicyclic) bond motifs is 1. The molecular weight excluding hydrogens is 383 g/mol. The number of hydrogen-bond acceptors (Lipinski definition) is 5. The predicted molar refractivity (Wildman–Crippen MR) is 99.9 cm³/mol. The quantitative estimate of drug-likeness (QED) is 0.503. The average Bonchev–Trinajstić information content (AvgIpc) is 3.35. The second-order valence-corrected chi connectivity index (χ2v) is 6.86. The van der Waals surface area contributed by atoms with Crippen LogP contribution in [-0.4, -0.2) is 19.9 Å². The van der Waals surface area contributed by atoms with Crippen molar-refractivity contribution >= 4 is 11.6 Å². The Bertz CT molecular complexity index is 1140. The number of hydrogen-bond donors (Lipinski definition) is 0. The van der Waals surface area contributed by atoms with E-state index in [1.165, 1.54) is 12.1 Å². The smallest absolute Gasteiger partial charge is 0.278 e. The largest absolute Gasteiger partial charge is 0.365 e. The second-order valence-electron chi connectivity index (χ2n) is 6.46. The molecule has 2 aromatic carbocycles. The topological polar surface area (TPSA) is 66.0 Å². The molecule has 0 fully saturated rings. The number of rotatable bonds is 3. The van der Waals surface area contributed by atoms with Crippen molar-refractivity contribution < 1.29 is 13.7 Å². The molecule has 0 unspecified atom stereocenters. The summed E-state index contributed by atoms with van der Waals surface area (Å²) in [6.07, 6.45) is -0.192. The van der Waals surface area contributed by atoms with E-state index in [1.54, 1.807) is 18.2 Å². The van der Waals surface area contributed by atoms with Crippen LogP contribution in [0.4, 0.5) is 4.39 Å². The van der Waals surface area contributed by atoms with Crippen LogP contribution in [0, 0.1) is 5.82 Å². The lowest BCUT2D eigenvalue weighted by atomic mass is 10.1. The number of nitrogens with zero attached hydrogens (tertiary/aromatic N) is 4. The van der Waals surface area contributed by atoms with Crippen LogP contribution in [0.1, 0.15) is 17.4 Å². The lowest BCUT2D eigenvalue weighted by Gasteiger charge is -2.24. The van der Waals surface area contributed by atoms with Crippen LogP contribution in [0.5, 0.6) is 0 Å². The second kappa shape index (κ2) is 6.85. The van der Waals surface area contributed by atoms with Crippen LogP contribution in [0.15, 0.2) is 59.1 Å². The Balaban J connectivity index is 1.41. The van der Waals surface area contributed by atoms with Gasteiger partial charge < -0.3 is 9.26 Å². The van der Waals surface area contributed by atoms with Gasteiger partial charge in [-0.2, -0.15) is 10.1 Å². The molecule has 0 saturated heterocycles. The van der Waals surface area contributed by atoms with Crippen LogP contribution in [0.25, 0.3) is 23.0 Å². The van der Waals surface area contributed by atoms with E-state index < -0.39 is 0 Å². The third-order valence-electron chi connectivity index (χ3n) is 4.64. The van der Waals surface area contributed by atoms with Gasteiger partial charge >= 0.3 is 0 Å². The molecule has 0 aliphatic carbocycles. The summed E-state index contributed by atoms with van der Waals surface area (Å²) < 4.78 is 26.3. The van der Waals surface area contributed by atoms with Gasteiger partial charge in [-0.05, 0) is 35.9 Å². The molecule has 4 aromatic rings. The van der Waals surface area contributed by atoms with Gasteiger partial charge in [-0.15, -0.1) is 0 Å². The molecule has 1 atom stereocenters. The molecule has 0 amide bonds. The molecule has 1 aliphatic heterocycles. The SMILES string of the molecule is Fc1ccc([C@@H]2Cn3nc(-c4nc(-c5ccccc5Cl)no4)cc3CO2)cc1. The summed E-state index contributed by atoms with van der Waals surface area (Å²) in [6.45, 7) is 0.910. The number of benzene rings is 2. The van der Waals surface area contributed by atoms with Gasteiger partial charge in [-0.25, -0.2) is 4.39 Å². The molecule has 28 heavy (non-hydrogen) atoms. The first-order valence-electron chi connectivity index (χ1n) is 8.70. The van der Waals surface area contributed by atoms with Crippen molar-refractivity contribution in [2.24, 2.45) is 0 Å². The Labute approximate surface area is 164 Å². The summed E-state index contributed by atoms with van der Waals surface area (Å²) in [5.41, 5.74) is 3.08. The lowest BCUT2D eigenvalue weighted by Crippen LogP contribution is -2.21. The molecule has 0 radical (unpaired) electrons. The minimum Gasteiger partial charge on any atom is -0.365 e. The van der Waals surface area contributed by atoms with Crippen LogP contribution in [0.2, 0.25) is 5.02 Å². The molecule has 1 aliphatic rings. The summed E-state index contributed by atoms with van der Waals surface area (Å²) in [4.78, 5) is 4.42. The summed E-state index contributed by atoms with van der Waals surface area (Å²) in [6, 6.07) is 15.5. The Hall–Kier alpha value is -3.03. The summed E-state index contributed by atoms with van der Waals surface area (Å²) in [5, 5.41) is 9.14. The zero-order valence-electron chi connectivity index (χ0n) is 14.5. The fraction of sp³-hybridized carbons (Fsp3) is 0.150. The maximum absolute atomic E-state index is 13.1. The minimum absolute atomic E-state index is 0.192. The summed E-state index contributed by atoms with van der Waals surface area (Å²) in [7, 11) is 0. The Kier molecular flexibility index (Phi) is 4.18. The van der Waals surface area contributed by atoms with Crippen LogP contribution in [0.3, 0.4) is 0 Å². The Morgan fingerprint density at radius 2 is 1.93 bits per heavy atom. The molecule has 3 heterocycles. The minimum atomic E-state index is -0.271. The van der Waals surface area contributed by atoms with Crippen molar-refractivity contribution in [3.05, 3.63) is 76.7 Å². The van der Waals surface area contributed by atoms with E-state index in [1.807, 2.05) is 28.9 Å². The molecular formula is C20H14ClFN4O2. The highest BCUT2D eigenvalue weighted by Crippen LogP contribution is 2.30. The first-order valence-corrected chi connectivity index (χ1v) is 9.08. The summed E-state index contributed by atoms with van der Waals surface area (Å²) in [5.74, 6) is 0.453. The molecule has 8 heteroatoms. The Morgan fingerprint density at radius 3 is 2.75 bits per heavy atom. The fourth-order valence-electron chi connectivity index (χ4n) is 3.19. The van der Waals surface area contributed by atoms with Gasteiger partial charge in [0.05, 0.1) is 23.9 Å². The maximum Gasteiger partial charge on any atom is 0.278 e. The zero-order chi connectivity index (χ0) is 19.1. The molecule has 5 rings (SSSR count). The van der Waals surface area contributed by atoms with E-state index in [2.05, 4.69) is 15.2 Å². The van der Waals surface area contributed by atoms with E-state index in [0.717, 1.165) is 11.3 Å². The van der Waals surface area contributed by atoms with Crippen LogP contribution < -0.4 is 0 Å². The van der Waals surface area contributed by atoms with E-state index in [-0.39, 0.29) is 11.9 Å². The highest BCUT2D eigenvalue weighted by Gasteiger charge is 2.24. The third-order valence-corrected chi connectivity index (χ3v) is 4.97. The first kappa shape index (κ1) is 17.1. The highest BCUT2D eigenvalue weighted by atomic mass is 35.5. The van der Waals surface area contributed by atoms with Gasteiger partial charge in [0.25, 0.3) is 5.89 Å². The molecule has 0 spiro atoms. The van der Waals surface area contributed by atoms with Crippen molar-refractivity contribution in [3.8, 4) is 23.0 Å². The lowest BCUT2D eigenvalue weighted by molar-refractivity contribution is -0.00116. The Morgan fingerprint density at radius 1 is 1.11 bits per heavy atom. The van der Waals surface area contributed by atoms with Crippen LogP contribution in [-0.2, 0) is 17.9 Å². The maximum atomic E-state index is 13.1. The van der Waals surface area contributed by atoms with Gasteiger partial charge in [0, 0.05) is 5.56 Å². The molecule has 140 valence electrons. The van der Waals surface area contributed by atoms with Crippen molar-refractivity contribution in [1.82, 2.24) is 19.9 Å². The average molecular weight is 397 g/mol. The molecule has 0 N–H and O–H groups in total. The standard InChI is InChI=1S/C20H14ClFN4O2/c21-16-4-2-1-3-15(16)19-23-20(28-25-19)17-9-14-11-27-18(10-26(14)24-17)12-5-7-13(22)8-6-12/h1-9,18H,10-11H2/t18-/m0/s1.